The van der Waals surface area contributed by atoms with Crippen molar-refractivity contribution in [1.29, 1.82) is 0 Å². The molecule has 0 spiro atoms. The molecule has 2 atom stereocenters. The van der Waals surface area contributed by atoms with Crippen LogP contribution in [0.3, 0.4) is 0 Å². The van der Waals surface area contributed by atoms with Gasteiger partial charge in [0.2, 0.25) is 5.91 Å². The number of nitrogens with zero attached hydrogens (tertiary/aromatic N) is 2. The quantitative estimate of drug-likeness (QED) is 0.843. The van der Waals surface area contributed by atoms with Gasteiger partial charge < -0.3 is 10.2 Å². The first-order valence-electron chi connectivity index (χ1n) is 8.73. The maximum atomic E-state index is 12.9. The summed E-state index contributed by atoms with van der Waals surface area (Å²) in [6.07, 6.45) is 5.68. The molecule has 2 rings (SSSR count). The van der Waals surface area contributed by atoms with Gasteiger partial charge in [-0.15, -0.1) is 0 Å². The minimum Gasteiger partial charge on any atom is -0.342 e. The second kappa shape index (κ2) is 7.59. The van der Waals surface area contributed by atoms with Crippen LogP contribution < -0.4 is 5.32 Å². The fourth-order valence-electron chi connectivity index (χ4n) is 3.92. The van der Waals surface area contributed by atoms with Crippen LogP contribution >= 0.6 is 0 Å². The summed E-state index contributed by atoms with van der Waals surface area (Å²) < 4.78 is 0. The Morgan fingerprint density at radius 1 is 1.24 bits per heavy atom. The van der Waals surface area contributed by atoms with Crippen molar-refractivity contribution >= 4 is 5.91 Å². The lowest BCUT2D eigenvalue weighted by molar-refractivity contribution is -0.137. The first kappa shape index (κ1) is 16.8. The Morgan fingerprint density at radius 3 is 2.52 bits per heavy atom. The van der Waals surface area contributed by atoms with E-state index in [0.29, 0.717) is 23.9 Å². The van der Waals surface area contributed by atoms with E-state index >= 15 is 0 Å². The van der Waals surface area contributed by atoms with Crippen molar-refractivity contribution < 1.29 is 4.79 Å². The molecule has 1 amide bonds. The van der Waals surface area contributed by atoms with Gasteiger partial charge in [0.1, 0.15) is 0 Å². The van der Waals surface area contributed by atoms with Gasteiger partial charge in [0.15, 0.2) is 0 Å². The normalized spacial score (nSPS) is 26.2. The Morgan fingerprint density at radius 2 is 1.90 bits per heavy atom. The van der Waals surface area contributed by atoms with E-state index in [-0.39, 0.29) is 6.04 Å². The second-order valence-electron chi connectivity index (χ2n) is 7.30. The van der Waals surface area contributed by atoms with E-state index in [2.05, 4.69) is 31.0 Å². The van der Waals surface area contributed by atoms with Crippen LogP contribution in [0, 0.1) is 5.92 Å². The largest absolute Gasteiger partial charge is 0.342 e. The van der Waals surface area contributed by atoms with E-state index in [4.69, 9.17) is 0 Å². The van der Waals surface area contributed by atoms with Crippen molar-refractivity contribution in [2.75, 3.05) is 26.7 Å². The molecular formula is C17H33N3O. The van der Waals surface area contributed by atoms with Crippen molar-refractivity contribution in [2.45, 2.75) is 71.0 Å². The van der Waals surface area contributed by atoms with Gasteiger partial charge >= 0.3 is 0 Å². The minimum absolute atomic E-state index is 0.132. The molecule has 2 aliphatic heterocycles. The van der Waals surface area contributed by atoms with Gasteiger partial charge in [0, 0.05) is 19.1 Å². The third kappa shape index (κ3) is 4.19. The summed E-state index contributed by atoms with van der Waals surface area (Å²) in [6, 6.07) is 1.08. The van der Waals surface area contributed by atoms with E-state index in [1.807, 2.05) is 11.9 Å². The predicted molar refractivity (Wildman–Crippen MR) is 87.3 cm³/mol. The Hall–Kier alpha value is -0.610. The number of piperidine rings is 1. The summed E-state index contributed by atoms with van der Waals surface area (Å²) in [5.74, 6) is 0.985. The summed E-state index contributed by atoms with van der Waals surface area (Å²) in [7, 11) is 1.99. The smallest absolute Gasteiger partial charge is 0.239 e. The van der Waals surface area contributed by atoms with Crippen molar-refractivity contribution in [1.82, 2.24) is 15.1 Å². The molecule has 4 nitrogen and oxygen atoms in total. The highest BCUT2D eigenvalue weighted by Crippen LogP contribution is 2.26. The highest BCUT2D eigenvalue weighted by atomic mass is 16.2. The molecule has 2 aliphatic rings. The van der Waals surface area contributed by atoms with Crippen molar-refractivity contribution in [3.05, 3.63) is 0 Å². The Kier molecular flexibility index (Phi) is 6.06. The van der Waals surface area contributed by atoms with Gasteiger partial charge in [-0.05, 0) is 64.6 Å². The van der Waals surface area contributed by atoms with Gasteiger partial charge in [-0.25, -0.2) is 0 Å². The number of rotatable bonds is 5. The number of carbonyl (C=O) groups is 1. The molecule has 4 heteroatoms. The van der Waals surface area contributed by atoms with E-state index in [1.54, 1.807) is 0 Å². The van der Waals surface area contributed by atoms with Gasteiger partial charge in [-0.2, -0.15) is 0 Å². The second-order valence-corrected chi connectivity index (χ2v) is 7.30. The summed E-state index contributed by atoms with van der Waals surface area (Å²) in [6.45, 7) is 9.94. The molecule has 0 aliphatic carbocycles. The molecule has 0 bridgehead atoms. The molecule has 2 fully saturated rings. The summed E-state index contributed by atoms with van der Waals surface area (Å²) in [4.78, 5) is 17.4. The van der Waals surface area contributed by atoms with Gasteiger partial charge in [0.05, 0.1) is 6.04 Å². The van der Waals surface area contributed by atoms with E-state index < -0.39 is 0 Å². The van der Waals surface area contributed by atoms with Crippen LogP contribution in [-0.4, -0.2) is 60.5 Å². The van der Waals surface area contributed by atoms with E-state index in [9.17, 15) is 4.79 Å². The van der Waals surface area contributed by atoms with Crippen molar-refractivity contribution in [3.8, 4) is 0 Å². The number of hydrogen-bond donors (Lipinski definition) is 1. The van der Waals surface area contributed by atoms with Gasteiger partial charge in [0.25, 0.3) is 0 Å². The lowest BCUT2D eigenvalue weighted by Crippen LogP contribution is -2.52. The van der Waals surface area contributed by atoms with Crippen LogP contribution in [0.1, 0.15) is 52.9 Å². The first-order chi connectivity index (χ1) is 10.0. The van der Waals surface area contributed by atoms with Crippen LogP contribution in [0.15, 0.2) is 0 Å². The number of nitrogens with one attached hydrogen (secondary N) is 1. The molecule has 0 aromatic carbocycles. The third-order valence-electron chi connectivity index (χ3n) is 5.18. The summed E-state index contributed by atoms with van der Waals surface area (Å²) in [5, 5.41) is 3.42. The van der Waals surface area contributed by atoms with Gasteiger partial charge in [-0.1, -0.05) is 13.8 Å². The van der Waals surface area contributed by atoms with E-state index in [0.717, 1.165) is 32.5 Å². The molecule has 21 heavy (non-hydrogen) atoms. The lowest BCUT2D eigenvalue weighted by atomic mass is 10.0. The molecule has 2 heterocycles. The van der Waals surface area contributed by atoms with Crippen LogP contribution in [0.2, 0.25) is 0 Å². The lowest BCUT2D eigenvalue weighted by Gasteiger charge is -2.37. The van der Waals surface area contributed by atoms with Gasteiger partial charge in [-0.3, -0.25) is 9.69 Å². The topological polar surface area (TPSA) is 35.6 Å². The molecule has 122 valence electrons. The summed E-state index contributed by atoms with van der Waals surface area (Å²) in [5.41, 5.74) is 0. The number of carbonyl (C=O) groups excluding carboxylic acids is 1. The molecule has 2 saturated heterocycles. The highest BCUT2D eigenvalue weighted by Gasteiger charge is 2.37. The zero-order valence-corrected chi connectivity index (χ0v) is 14.3. The zero-order valence-electron chi connectivity index (χ0n) is 14.3. The molecule has 0 radical (unpaired) electrons. The molecule has 0 aromatic heterocycles. The minimum atomic E-state index is 0.132. The monoisotopic (exact) mass is 295 g/mol. The number of amides is 1. The maximum Gasteiger partial charge on any atom is 0.239 e. The van der Waals surface area contributed by atoms with Crippen molar-refractivity contribution in [2.24, 2.45) is 5.92 Å². The first-order valence-corrected chi connectivity index (χ1v) is 8.73. The number of likely N-dealkylation sites (N-methyl/N-ethyl adjacent to an activating group) is 1. The standard InChI is InChI=1S/C17H33N3O/c1-13(2)12-14(3)19(4)17(21)16-6-5-11-20(16)15-7-9-18-10-8-15/h13-16,18H,5-12H2,1-4H3. The molecule has 0 aromatic rings. The molecule has 1 N–H and O–H groups in total. The Bertz CT molecular complexity index is 339. The fourth-order valence-corrected chi connectivity index (χ4v) is 3.92. The van der Waals surface area contributed by atoms with Crippen molar-refractivity contribution in [3.63, 3.8) is 0 Å². The van der Waals surface area contributed by atoms with Crippen LogP contribution in [0.5, 0.6) is 0 Å². The highest BCUT2D eigenvalue weighted by molar-refractivity contribution is 5.82. The van der Waals surface area contributed by atoms with Crippen LogP contribution in [-0.2, 0) is 4.79 Å². The number of hydrogen-bond acceptors (Lipinski definition) is 3. The zero-order chi connectivity index (χ0) is 15.4. The van der Waals surface area contributed by atoms with Crippen LogP contribution in [0.25, 0.3) is 0 Å². The van der Waals surface area contributed by atoms with E-state index in [1.165, 1.54) is 19.3 Å². The predicted octanol–water partition coefficient (Wildman–Crippen LogP) is 2.10. The Balaban J connectivity index is 1.96. The third-order valence-corrected chi connectivity index (χ3v) is 5.18. The average molecular weight is 295 g/mol. The summed E-state index contributed by atoms with van der Waals surface area (Å²) >= 11 is 0. The van der Waals surface area contributed by atoms with Crippen LogP contribution in [0.4, 0.5) is 0 Å². The fraction of sp³-hybridized carbons (Fsp3) is 0.941. The average Bonchev–Trinajstić information content (AvgIpc) is 2.95. The number of likely N-dealkylation sites (tertiary alicyclic amines) is 1. The maximum absolute atomic E-state index is 12.9. The molecule has 0 saturated carbocycles. The molecular weight excluding hydrogens is 262 g/mol. The SMILES string of the molecule is CC(C)CC(C)N(C)C(=O)C1CCCN1C1CCNCC1. The Labute approximate surface area is 130 Å². The molecule has 2 unspecified atom stereocenters.